The zero-order valence-electron chi connectivity index (χ0n) is 7.77. The highest BCUT2D eigenvalue weighted by Gasteiger charge is 2.14. The standard InChI is InChI=1S/C10H7Br2NO2/c1-4(14)9-10(15)5-2-6(11)7(12)3-8(5)13-9/h2-3,13,15H,1H3. The number of hydrogen-bond donors (Lipinski definition) is 2. The van der Waals surface area contributed by atoms with Crippen LogP contribution in [0.15, 0.2) is 21.1 Å². The van der Waals surface area contributed by atoms with Crippen molar-refractivity contribution in [1.82, 2.24) is 4.98 Å². The van der Waals surface area contributed by atoms with Gasteiger partial charge in [-0.05, 0) is 44.0 Å². The Hall–Kier alpha value is -0.810. The van der Waals surface area contributed by atoms with Crippen LogP contribution < -0.4 is 0 Å². The van der Waals surface area contributed by atoms with E-state index in [0.717, 1.165) is 14.5 Å². The molecule has 15 heavy (non-hydrogen) atoms. The van der Waals surface area contributed by atoms with E-state index in [1.54, 1.807) is 6.07 Å². The Labute approximate surface area is 103 Å². The van der Waals surface area contributed by atoms with Gasteiger partial charge in [-0.15, -0.1) is 0 Å². The number of Topliss-reactive ketones (excluding diaryl/α,β-unsaturated/α-hetero) is 1. The number of fused-ring (bicyclic) bond motifs is 1. The monoisotopic (exact) mass is 331 g/mol. The number of ketones is 1. The maximum atomic E-state index is 11.2. The number of rotatable bonds is 1. The lowest BCUT2D eigenvalue weighted by atomic mass is 10.2. The number of hydrogen-bond acceptors (Lipinski definition) is 2. The summed E-state index contributed by atoms with van der Waals surface area (Å²) in [6.07, 6.45) is 0. The zero-order chi connectivity index (χ0) is 11.2. The fourth-order valence-electron chi connectivity index (χ4n) is 1.43. The highest BCUT2D eigenvalue weighted by molar-refractivity contribution is 9.13. The van der Waals surface area contributed by atoms with Crippen LogP contribution in [-0.4, -0.2) is 15.9 Å². The molecule has 1 aromatic heterocycles. The lowest BCUT2D eigenvalue weighted by molar-refractivity contribution is 0.101. The number of nitrogens with one attached hydrogen (secondary N) is 1. The van der Waals surface area contributed by atoms with E-state index in [4.69, 9.17) is 0 Å². The Kier molecular flexibility index (Phi) is 2.60. The molecule has 0 bridgehead atoms. The number of carbonyl (C=O) groups is 1. The summed E-state index contributed by atoms with van der Waals surface area (Å²) >= 11 is 6.69. The summed E-state index contributed by atoms with van der Waals surface area (Å²) < 4.78 is 1.70. The molecule has 2 N–H and O–H groups in total. The molecule has 0 unspecified atom stereocenters. The molecule has 3 nitrogen and oxygen atoms in total. The van der Waals surface area contributed by atoms with Crippen LogP contribution in [0, 0.1) is 0 Å². The van der Waals surface area contributed by atoms with Crippen LogP contribution in [0.2, 0.25) is 0 Å². The van der Waals surface area contributed by atoms with Crippen molar-refractivity contribution < 1.29 is 9.90 Å². The molecule has 2 rings (SSSR count). The largest absolute Gasteiger partial charge is 0.505 e. The van der Waals surface area contributed by atoms with Crippen LogP contribution >= 0.6 is 31.9 Å². The summed E-state index contributed by atoms with van der Waals surface area (Å²) in [5, 5.41) is 10.4. The third kappa shape index (κ3) is 1.70. The number of halogens is 2. The number of carbonyl (C=O) groups excluding carboxylic acids is 1. The van der Waals surface area contributed by atoms with E-state index >= 15 is 0 Å². The molecule has 5 heteroatoms. The van der Waals surface area contributed by atoms with E-state index in [0.29, 0.717) is 5.39 Å². The summed E-state index contributed by atoms with van der Waals surface area (Å²) in [6.45, 7) is 1.41. The highest BCUT2D eigenvalue weighted by atomic mass is 79.9. The van der Waals surface area contributed by atoms with Gasteiger partial charge in [0.2, 0.25) is 0 Å². The number of benzene rings is 1. The van der Waals surface area contributed by atoms with Gasteiger partial charge in [-0.25, -0.2) is 0 Å². The topological polar surface area (TPSA) is 53.1 Å². The van der Waals surface area contributed by atoms with Gasteiger partial charge in [0.25, 0.3) is 0 Å². The molecular weight excluding hydrogens is 326 g/mol. The minimum Gasteiger partial charge on any atom is -0.505 e. The zero-order valence-corrected chi connectivity index (χ0v) is 10.9. The molecular formula is C10H7Br2NO2. The predicted molar refractivity (Wildman–Crippen MR) is 65.4 cm³/mol. The Morgan fingerprint density at radius 3 is 2.53 bits per heavy atom. The lowest BCUT2D eigenvalue weighted by Gasteiger charge is -1.96. The molecule has 0 radical (unpaired) electrons. The molecule has 0 fully saturated rings. The van der Waals surface area contributed by atoms with Crippen molar-refractivity contribution >= 4 is 48.5 Å². The van der Waals surface area contributed by atoms with Crippen molar-refractivity contribution in [2.24, 2.45) is 0 Å². The van der Waals surface area contributed by atoms with E-state index in [1.807, 2.05) is 6.07 Å². The smallest absolute Gasteiger partial charge is 0.179 e. The first kappa shape index (κ1) is 10.7. The first-order valence-corrected chi connectivity index (χ1v) is 5.80. The Bertz CT molecular complexity index is 560. The molecule has 0 aliphatic carbocycles. The first-order chi connectivity index (χ1) is 7.00. The van der Waals surface area contributed by atoms with Crippen molar-refractivity contribution in [3.63, 3.8) is 0 Å². The third-order valence-electron chi connectivity index (χ3n) is 2.16. The average Bonchev–Trinajstić information content (AvgIpc) is 2.46. The van der Waals surface area contributed by atoms with E-state index in [2.05, 4.69) is 36.8 Å². The van der Waals surface area contributed by atoms with E-state index in [9.17, 15) is 9.90 Å². The van der Waals surface area contributed by atoms with Gasteiger partial charge < -0.3 is 10.1 Å². The lowest BCUT2D eigenvalue weighted by Crippen LogP contribution is -1.91. The minimum absolute atomic E-state index is 0.00528. The molecule has 0 aliphatic heterocycles. The molecule has 0 aliphatic rings. The Balaban J connectivity index is 2.83. The van der Waals surface area contributed by atoms with Crippen LogP contribution in [0.3, 0.4) is 0 Å². The molecule has 1 heterocycles. The quantitative estimate of drug-likeness (QED) is 0.784. The Morgan fingerprint density at radius 1 is 1.33 bits per heavy atom. The summed E-state index contributed by atoms with van der Waals surface area (Å²) in [5.74, 6) is -0.179. The van der Waals surface area contributed by atoms with E-state index in [1.165, 1.54) is 6.92 Å². The van der Waals surface area contributed by atoms with E-state index in [-0.39, 0.29) is 17.2 Å². The van der Waals surface area contributed by atoms with Crippen molar-refractivity contribution in [3.05, 3.63) is 26.8 Å². The fraction of sp³-hybridized carbons (Fsp3) is 0.100. The SMILES string of the molecule is CC(=O)c1[nH]c2cc(Br)c(Br)cc2c1O. The van der Waals surface area contributed by atoms with Gasteiger partial charge in [0, 0.05) is 21.3 Å². The second kappa shape index (κ2) is 3.64. The number of aromatic nitrogens is 1. The molecule has 0 saturated heterocycles. The van der Waals surface area contributed by atoms with Crippen molar-refractivity contribution in [2.45, 2.75) is 6.92 Å². The Morgan fingerprint density at radius 2 is 1.93 bits per heavy atom. The van der Waals surface area contributed by atoms with Crippen molar-refractivity contribution in [1.29, 1.82) is 0 Å². The van der Waals surface area contributed by atoms with Crippen LogP contribution in [-0.2, 0) is 0 Å². The molecule has 0 amide bonds. The predicted octanol–water partition coefficient (Wildman–Crippen LogP) is 3.60. The summed E-state index contributed by atoms with van der Waals surface area (Å²) in [4.78, 5) is 14.1. The number of aromatic hydroxyl groups is 1. The third-order valence-corrected chi connectivity index (χ3v) is 4.01. The van der Waals surface area contributed by atoms with Gasteiger partial charge in [-0.1, -0.05) is 0 Å². The van der Waals surface area contributed by atoms with Gasteiger partial charge in [-0.3, -0.25) is 4.79 Å². The van der Waals surface area contributed by atoms with Gasteiger partial charge in [-0.2, -0.15) is 0 Å². The first-order valence-electron chi connectivity index (χ1n) is 4.21. The second-order valence-corrected chi connectivity index (χ2v) is 4.93. The second-order valence-electron chi connectivity index (χ2n) is 3.22. The van der Waals surface area contributed by atoms with Crippen LogP contribution in [0.25, 0.3) is 10.9 Å². The summed E-state index contributed by atoms with van der Waals surface area (Å²) in [6, 6.07) is 3.57. The summed E-state index contributed by atoms with van der Waals surface area (Å²) in [5.41, 5.74) is 0.975. The van der Waals surface area contributed by atoms with Crippen molar-refractivity contribution in [3.8, 4) is 5.75 Å². The molecule has 0 saturated carbocycles. The van der Waals surface area contributed by atoms with Gasteiger partial charge in [0.15, 0.2) is 11.5 Å². The maximum absolute atomic E-state index is 11.2. The van der Waals surface area contributed by atoms with Gasteiger partial charge in [0.05, 0.1) is 5.52 Å². The molecule has 1 aromatic carbocycles. The van der Waals surface area contributed by atoms with Crippen LogP contribution in [0.4, 0.5) is 0 Å². The number of H-pyrrole nitrogens is 1. The van der Waals surface area contributed by atoms with Crippen molar-refractivity contribution in [2.75, 3.05) is 0 Å². The van der Waals surface area contributed by atoms with E-state index < -0.39 is 0 Å². The van der Waals surface area contributed by atoms with Gasteiger partial charge in [0.1, 0.15) is 5.69 Å². The summed E-state index contributed by atoms with van der Waals surface area (Å²) in [7, 11) is 0. The molecule has 0 atom stereocenters. The highest BCUT2D eigenvalue weighted by Crippen LogP contribution is 2.35. The average molecular weight is 333 g/mol. The molecule has 0 spiro atoms. The number of aromatic amines is 1. The minimum atomic E-state index is -0.184. The molecule has 2 aromatic rings. The normalized spacial score (nSPS) is 10.9. The maximum Gasteiger partial charge on any atom is 0.179 e. The van der Waals surface area contributed by atoms with Gasteiger partial charge >= 0.3 is 0 Å². The molecule has 78 valence electrons. The van der Waals surface area contributed by atoms with Crippen LogP contribution in [0.5, 0.6) is 5.75 Å². The fourth-order valence-corrected chi connectivity index (χ4v) is 2.12. The van der Waals surface area contributed by atoms with Crippen LogP contribution in [0.1, 0.15) is 17.4 Å².